The molecule has 0 aliphatic heterocycles. The predicted octanol–water partition coefficient (Wildman–Crippen LogP) is 2.85. The Morgan fingerprint density at radius 3 is 2.58 bits per heavy atom. The minimum Gasteiger partial charge on any atom is -0.497 e. The van der Waals surface area contributed by atoms with E-state index in [4.69, 9.17) is 9.47 Å². The first-order valence-electron chi connectivity index (χ1n) is 5.85. The van der Waals surface area contributed by atoms with E-state index in [2.05, 4.69) is 4.98 Å². The van der Waals surface area contributed by atoms with Crippen LogP contribution in [0.1, 0.15) is 16.1 Å². The third kappa shape index (κ3) is 2.91. The van der Waals surface area contributed by atoms with Crippen molar-refractivity contribution >= 4 is 5.97 Å². The zero-order valence-electron chi connectivity index (χ0n) is 11.1. The van der Waals surface area contributed by atoms with Gasteiger partial charge in [-0.25, -0.2) is 9.78 Å². The Balaban J connectivity index is 2.53. The van der Waals surface area contributed by atoms with Crippen LogP contribution in [0, 0.1) is 6.92 Å². The second-order valence-electron chi connectivity index (χ2n) is 4.14. The number of pyridine rings is 1. The number of nitrogens with zero attached hydrogens (tertiary/aromatic N) is 1. The molecule has 0 spiro atoms. The third-order valence-electron chi connectivity index (χ3n) is 2.74. The molecule has 0 amide bonds. The van der Waals surface area contributed by atoms with E-state index >= 15 is 0 Å². The van der Waals surface area contributed by atoms with Crippen molar-refractivity contribution in [2.75, 3.05) is 14.2 Å². The van der Waals surface area contributed by atoms with Crippen molar-refractivity contribution in [2.45, 2.75) is 6.92 Å². The quantitative estimate of drug-likeness (QED) is 0.793. The van der Waals surface area contributed by atoms with Crippen molar-refractivity contribution in [1.29, 1.82) is 0 Å². The second-order valence-corrected chi connectivity index (χ2v) is 4.14. The summed E-state index contributed by atoms with van der Waals surface area (Å²) in [5, 5.41) is 0. The van der Waals surface area contributed by atoms with Gasteiger partial charge in [0.25, 0.3) is 0 Å². The molecule has 4 nitrogen and oxygen atoms in total. The lowest BCUT2D eigenvalue weighted by molar-refractivity contribution is 0.0593. The standard InChI is InChI=1S/C15H15NO3/c1-10-5-4-6-11(7-10)13-8-12(18-2)9-14(16-13)15(17)19-3/h4-9H,1-3H3. The fourth-order valence-corrected chi connectivity index (χ4v) is 1.78. The number of benzene rings is 1. The van der Waals surface area contributed by atoms with Crippen LogP contribution >= 0.6 is 0 Å². The van der Waals surface area contributed by atoms with Gasteiger partial charge >= 0.3 is 5.97 Å². The number of aromatic nitrogens is 1. The highest BCUT2D eigenvalue weighted by molar-refractivity contribution is 5.88. The maximum Gasteiger partial charge on any atom is 0.356 e. The van der Waals surface area contributed by atoms with Gasteiger partial charge < -0.3 is 9.47 Å². The largest absolute Gasteiger partial charge is 0.497 e. The van der Waals surface area contributed by atoms with Crippen LogP contribution < -0.4 is 4.74 Å². The van der Waals surface area contributed by atoms with Crippen LogP contribution in [0.4, 0.5) is 0 Å². The molecule has 0 atom stereocenters. The summed E-state index contributed by atoms with van der Waals surface area (Å²) in [6.07, 6.45) is 0. The summed E-state index contributed by atoms with van der Waals surface area (Å²) < 4.78 is 9.89. The van der Waals surface area contributed by atoms with Gasteiger partial charge in [0.1, 0.15) is 5.75 Å². The van der Waals surface area contributed by atoms with E-state index in [1.807, 2.05) is 31.2 Å². The molecule has 2 aromatic rings. The molecule has 0 bridgehead atoms. The Morgan fingerprint density at radius 1 is 1.16 bits per heavy atom. The van der Waals surface area contributed by atoms with Gasteiger partial charge in [0.15, 0.2) is 5.69 Å². The minimum atomic E-state index is -0.479. The van der Waals surface area contributed by atoms with Crippen LogP contribution in [0.3, 0.4) is 0 Å². The van der Waals surface area contributed by atoms with Gasteiger partial charge in [0.2, 0.25) is 0 Å². The number of aryl methyl sites for hydroxylation is 1. The van der Waals surface area contributed by atoms with Gasteiger partial charge in [-0.1, -0.05) is 23.8 Å². The molecule has 0 N–H and O–H groups in total. The van der Waals surface area contributed by atoms with Crippen LogP contribution in [0.2, 0.25) is 0 Å². The monoisotopic (exact) mass is 257 g/mol. The number of carbonyl (C=O) groups excluding carboxylic acids is 1. The normalized spacial score (nSPS) is 10.1. The first kappa shape index (κ1) is 13.1. The molecule has 0 radical (unpaired) electrons. The fraction of sp³-hybridized carbons (Fsp3) is 0.200. The Labute approximate surface area is 112 Å². The summed E-state index contributed by atoms with van der Waals surface area (Å²) >= 11 is 0. The molecule has 1 heterocycles. The summed E-state index contributed by atoms with van der Waals surface area (Å²) in [6, 6.07) is 11.2. The molecule has 19 heavy (non-hydrogen) atoms. The Bertz CT molecular complexity index is 608. The van der Waals surface area contributed by atoms with E-state index in [1.54, 1.807) is 19.2 Å². The lowest BCUT2D eigenvalue weighted by Gasteiger charge is -2.08. The Kier molecular flexibility index (Phi) is 3.80. The maximum atomic E-state index is 11.6. The van der Waals surface area contributed by atoms with Gasteiger partial charge in [-0.05, 0) is 13.0 Å². The van der Waals surface area contributed by atoms with Gasteiger partial charge in [-0.3, -0.25) is 0 Å². The molecular formula is C15H15NO3. The molecule has 1 aromatic carbocycles. The molecule has 0 saturated carbocycles. The van der Waals surface area contributed by atoms with Crippen LogP contribution in [0.5, 0.6) is 5.75 Å². The van der Waals surface area contributed by atoms with E-state index in [9.17, 15) is 4.79 Å². The third-order valence-corrected chi connectivity index (χ3v) is 2.74. The fourth-order valence-electron chi connectivity index (χ4n) is 1.78. The highest BCUT2D eigenvalue weighted by atomic mass is 16.5. The van der Waals surface area contributed by atoms with Gasteiger partial charge in [0, 0.05) is 17.7 Å². The van der Waals surface area contributed by atoms with E-state index in [0.29, 0.717) is 11.4 Å². The predicted molar refractivity (Wildman–Crippen MR) is 72.3 cm³/mol. The molecule has 0 aliphatic rings. The van der Waals surface area contributed by atoms with Crippen LogP contribution in [0.15, 0.2) is 36.4 Å². The van der Waals surface area contributed by atoms with Gasteiger partial charge in [-0.15, -0.1) is 0 Å². The Hall–Kier alpha value is -2.36. The molecule has 2 rings (SSSR count). The van der Waals surface area contributed by atoms with E-state index in [0.717, 1.165) is 11.1 Å². The number of carbonyl (C=O) groups is 1. The summed E-state index contributed by atoms with van der Waals surface area (Å²) in [5.74, 6) is 0.0970. The minimum absolute atomic E-state index is 0.235. The highest BCUT2D eigenvalue weighted by Crippen LogP contribution is 2.24. The maximum absolute atomic E-state index is 11.6. The molecule has 98 valence electrons. The molecule has 0 fully saturated rings. The Morgan fingerprint density at radius 2 is 1.95 bits per heavy atom. The van der Waals surface area contributed by atoms with Crippen LogP contribution in [-0.2, 0) is 4.74 Å². The topological polar surface area (TPSA) is 48.4 Å². The van der Waals surface area contributed by atoms with Crippen molar-refractivity contribution in [3.8, 4) is 17.0 Å². The van der Waals surface area contributed by atoms with Crippen LogP contribution in [-0.4, -0.2) is 25.2 Å². The molecule has 0 saturated heterocycles. The summed E-state index contributed by atoms with van der Waals surface area (Å²) in [6.45, 7) is 2.00. The van der Waals surface area contributed by atoms with Crippen molar-refractivity contribution in [3.05, 3.63) is 47.7 Å². The average molecular weight is 257 g/mol. The number of esters is 1. The molecular weight excluding hydrogens is 242 g/mol. The van der Waals surface area contributed by atoms with Crippen molar-refractivity contribution in [3.63, 3.8) is 0 Å². The van der Waals surface area contributed by atoms with Gasteiger partial charge in [-0.2, -0.15) is 0 Å². The second kappa shape index (κ2) is 5.52. The lowest BCUT2D eigenvalue weighted by atomic mass is 10.1. The van der Waals surface area contributed by atoms with E-state index in [1.165, 1.54) is 7.11 Å². The van der Waals surface area contributed by atoms with E-state index < -0.39 is 5.97 Å². The number of methoxy groups -OCH3 is 2. The number of ether oxygens (including phenoxy) is 2. The van der Waals surface area contributed by atoms with Gasteiger partial charge in [0.05, 0.1) is 19.9 Å². The zero-order valence-corrected chi connectivity index (χ0v) is 11.1. The number of rotatable bonds is 3. The van der Waals surface area contributed by atoms with Crippen molar-refractivity contribution in [2.24, 2.45) is 0 Å². The first-order valence-corrected chi connectivity index (χ1v) is 5.85. The first-order chi connectivity index (χ1) is 9.13. The zero-order chi connectivity index (χ0) is 13.8. The van der Waals surface area contributed by atoms with E-state index in [-0.39, 0.29) is 5.69 Å². The smallest absolute Gasteiger partial charge is 0.356 e. The molecule has 4 heteroatoms. The number of hydrogen-bond donors (Lipinski definition) is 0. The average Bonchev–Trinajstić information content (AvgIpc) is 2.45. The summed E-state index contributed by atoms with van der Waals surface area (Å²) in [4.78, 5) is 15.9. The molecule has 1 aromatic heterocycles. The molecule has 0 unspecified atom stereocenters. The molecule has 0 aliphatic carbocycles. The summed E-state index contributed by atoms with van der Waals surface area (Å²) in [5.41, 5.74) is 2.98. The lowest BCUT2D eigenvalue weighted by Crippen LogP contribution is -2.05. The van der Waals surface area contributed by atoms with Crippen LogP contribution in [0.25, 0.3) is 11.3 Å². The highest BCUT2D eigenvalue weighted by Gasteiger charge is 2.12. The number of hydrogen-bond acceptors (Lipinski definition) is 4. The summed E-state index contributed by atoms with van der Waals surface area (Å²) in [7, 11) is 2.88. The van der Waals surface area contributed by atoms with Crippen molar-refractivity contribution in [1.82, 2.24) is 4.98 Å². The SMILES string of the molecule is COC(=O)c1cc(OC)cc(-c2cccc(C)c2)n1. The van der Waals surface area contributed by atoms with Crippen molar-refractivity contribution < 1.29 is 14.3 Å².